The van der Waals surface area contributed by atoms with Gasteiger partial charge in [-0.25, -0.2) is 0 Å². The first kappa shape index (κ1) is 17.7. The molecule has 1 aromatic carbocycles. The molecule has 0 bridgehead atoms. The smallest absolute Gasteiger partial charge is 0.308 e. The Morgan fingerprint density at radius 2 is 2.12 bits per heavy atom. The SMILES string of the molecule is CCOc1ccc([N+](=O)[O-])c(C(=O)N2CC(C)CC(C(=O)O)C2)c1. The maximum absolute atomic E-state index is 12.8. The lowest BCUT2D eigenvalue weighted by molar-refractivity contribution is -0.385. The van der Waals surface area contributed by atoms with E-state index in [1.807, 2.05) is 6.92 Å². The molecule has 2 unspecified atom stereocenters. The second-order valence-electron chi connectivity index (χ2n) is 5.96. The fraction of sp³-hybridized carbons (Fsp3) is 0.500. The third-order valence-electron chi connectivity index (χ3n) is 4.00. The van der Waals surface area contributed by atoms with E-state index in [9.17, 15) is 24.8 Å². The Bertz CT molecular complexity index is 660. The first-order valence-electron chi connectivity index (χ1n) is 7.76. The van der Waals surface area contributed by atoms with Gasteiger partial charge in [-0.1, -0.05) is 6.92 Å². The molecule has 2 rings (SSSR count). The zero-order valence-corrected chi connectivity index (χ0v) is 13.6. The van der Waals surface area contributed by atoms with Gasteiger partial charge >= 0.3 is 5.97 Å². The van der Waals surface area contributed by atoms with Gasteiger partial charge in [0.2, 0.25) is 0 Å². The van der Waals surface area contributed by atoms with Crippen molar-refractivity contribution in [2.75, 3.05) is 19.7 Å². The number of hydrogen-bond acceptors (Lipinski definition) is 5. The molecule has 130 valence electrons. The molecule has 0 aromatic heterocycles. The Morgan fingerprint density at radius 1 is 1.42 bits per heavy atom. The number of carboxylic acids is 1. The Morgan fingerprint density at radius 3 is 2.71 bits per heavy atom. The number of benzene rings is 1. The molecule has 1 amide bonds. The highest BCUT2D eigenvalue weighted by atomic mass is 16.6. The summed E-state index contributed by atoms with van der Waals surface area (Å²) in [6, 6.07) is 4.02. The van der Waals surface area contributed by atoms with Gasteiger partial charge in [0.15, 0.2) is 0 Å². The highest BCUT2D eigenvalue weighted by Gasteiger charge is 2.34. The summed E-state index contributed by atoms with van der Waals surface area (Å²) in [7, 11) is 0. The van der Waals surface area contributed by atoms with Crippen molar-refractivity contribution in [1.82, 2.24) is 4.90 Å². The molecule has 1 fully saturated rings. The molecule has 1 heterocycles. The van der Waals surface area contributed by atoms with Crippen LogP contribution in [0.15, 0.2) is 18.2 Å². The minimum atomic E-state index is -0.961. The van der Waals surface area contributed by atoms with Crippen LogP contribution in [-0.4, -0.2) is 46.5 Å². The van der Waals surface area contributed by atoms with Crippen LogP contribution in [0.5, 0.6) is 5.75 Å². The van der Waals surface area contributed by atoms with E-state index in [4.69, 9.17) is 4.74 Å². The molecule has 2 atom stereocenters. The van der Waals surface area contributed by atoms with Crippen LogP contribution in [-0.2, 0) is 4.79 Å². The van der Waals surface area contributed by atoms with Crippen LogP contribution in [0.3, 0.4) is 0 Å². The van der Waals surface area contributed by atoms with Crippen molar-refractivity contribution in [1.29, 1.82) is 0 Å². The van der Waals surface area contributed by atoms with Gasteiger partial charge in [-0.2, -0.15) is 0 Å². The van der Waals surface area contributed by atoms with Crippen LogP contribution in [0.1, 0.15) is 30.6 Å². The van der Waals surface area contributed by atoms with Crippen LogP contribution in [0.4, 0.5) is 5.69 Å². The van der Waals surface area contributed by atoms with E-state index in [2.05, 4.69) is 0 Å². The molecule has 8 heteroatoms. The van der Waals surface area contributed by atoms with Crippen LogP contribution in [0.2, 0.25) is 0 Å². The van der Waals surface area contributed by atoms with Gasteiger partial charge in [0, 0.05) is 19.2 Å². The number of carbonyl (C=O) groups is 2. The first-order valence-corrected chi connectivity index (χ1v) is 7.76. The number of nitro benzene ring substituents is 1. The zero-order chi connectivity index (χ0) is 17.9. The molecule has 1 saturated heterocycles. The highest BCUT2D eigenvalue weighted by Crippen LogP contribution is 2.29. The molecule has 8 nitrogen and oxygen atoms in total. The quantitative estimate of drug-likeness (QED) is 0.652. The molecule has 0 saturated carbocycles. The molecule has 1 aromatic rings. The van der Waals surface area contributed by atoms with Gasteiger partial charge in [0.1, 0.15) is 11.3 Å². The van der Waals surface area contributed by atoms with E-state index >= 15 is 0 Å². The largest absolute Gasteiger partial charge is 0.494 e. The maximum atomic E-state index is 12.8. The lowest BCUT2D eigenvalue weighted by atomic mass is 9.90. The Kier molecular flexibility index (Phi) is 5.38. The molecule has 24 heavy (non-hydrogen) atoms. The number of aliphatic carboxylic acids is 1. The predicted octanol–water partition coefficient (Wildman–Crippen LogP) is 2.18. The third kappa shape index (κ3) is 3.81. The number of hydrogen-bond donors (Lipinski definition) is 1. The summed E-state index contributed by atoms with van der Waals surface area (Å²) in [5.41, 5.74) is -0.391. The van der Waals surface area contributed by atoms with Gasteiger partial charge in [-0.05, 0) is 31.4 Å². The summed E-state index contributed by atoms with van der Waals surface area (Å²) in [5, 5.41) is 20.4. The number of likely N-dealkylation sites (tertiary alicyclic amines) is 1. The monoisotopic (exact) mass is 336 g/mol. The van der Waals surface area contributed by atoms with Gasteiger partial charge < -0.3 is 14.7 Å². The van der Waals surface area contributed by atoms with Gasteiger partial charge in [-0.15, -0.1) is 0 Å². The van der Waals surface area contributed by atoms with E-state index < -0.39 is 22.7 Å². The average Bonchev–Trinajstić information content (AvgIpc) is 2.53. The second kappa shape index (κ2) is 7.29. The standard InChI is InChI=1S/C16H20N2O6/c1-3-24-12-4-5-14(18(22)23)13(7-12)15(19)17-8-10(2)6-11(9-17)16(20)21/h4-5,7,10-11H,3,6,8-9H2,1-2H3,(H,20,21). The Balaban J connectivity index is 2.34. The van der Waals surface area contributed by atoms with Crippen molar-refractivity contribution in [3.8, 4) is 5.75 Å². The van der Waals surface area contributed by atoms with Crippen molar-refractivity contribution in [3.63, 3.8) is 0 Å². The van der Waals surface area contributed by atoms with Gasteiger partial charge in [0.05, 0.1) is 17.4 Å². The topological polar surface area (TPSA) is 110 Å². The number of ether oxygens (including phenoxy) is 1. The second-order valence-corrected chi connectivity index (χ2v) is 5.96. The molecule has 1 N–H and O–H groups in total. The minimum absolute atomic E-state index is 0.0120. The summed E-state index contributed by atoms with van der Waals surface area (Å²) in [6.45, 7) is 4.42. The summed E-state index contributed by atoms with van der Waals surface area (Å²) < 4.78 is 5.31. The summed E-state index contributed by atoms with van der Waals surface area (Å²) in [6.07, 6.45) is 0.486. The fourth-order valence-electron chi connectivity index (χ4n) is 2.97. The van der Waals surface area contributed by atoms with Crippen molar-refractivity contribution < 1.29 is 24.4 Å². The highest BCUT2D eigenvalue weighted by molar-refractivity contribution is 5.98. The molecule has 0 aliphatic carbocycles. The van der Waals surface area contributed by atoms with E-state index in [1.54, 1.807) is 6.92 Å². The fourth-order valence-corrected chi connectivity index (χ4v) is 2.97. The number of carbonyl (C=O) groups excluding carboxylic acids is 1. The van der Waals surface area contributed by atoms with Crippen molar-refractivity contribution in [2.45, 2.75) is 20.3 Å². The van der Waals surface area contributed by atoms with E-state index in [0.29, 0.717) is 25.3 Å². The Hall–Kier alpha value is -2.64. The summed E-state index contributed by atoms with van der Waals surface area (Å²) in [5.74, 6) is -1.78. The number of piperidine rings is 1. The number of nitro groups is 1. The molecular formula is C16H20N2O6. The number of carboxylic acid groups (broad SMARTS) is 1. The number of nitrogens with zero attached hydrogens (tertiary/aromatic N) is 2. The summed E-state index contributed by atoms with van der Waals surface area (Å²) >= 11 is 0. The Labute approximate surface area is 139 Å². The maximum Gasteiger partial charge on any atom is 0.308 e. The molecular weight excluding hydrogens is 316 g/mol. The van der Waals surface area contributed by atoms with Crippen LogP contribution in [0, 0.1) is 22.0 Å². The van der Waals surface area contributed by atoms with E-state index in [-0.39, 0.29) is 23.7 Å². The number of amides is 1. The molecule has 0 radical (unpaired) electrons. The zero-order valence-electron chi connectivity index (χ0n) is 13.6. The first-order chi connectivity index (χ1) is 11.3. The van der Waals surface area contributed by atoms with E-state index in [0.717, 1.165) is 0 Å². The molecule has 1 aliphatic rings. The van der Waals surface area contributed by atoms with Crippen LogP contribution in [0.25, 0.3) is 0 Å². The van der Waals surface area contributed by atoms with Gasteiger partial charge in [-0.3, -0.25) is 19.7 Å². The lowest BCUT2D eigenvalue weighted by Crippen LogP contribution is -2.45. The predicted molar refractivity (Wildman–Crippen MR) is 85.1 cm³/mol. The normalized spacial score (nSPS) is 20.5. The van der Waals surface area contributed by atoms with Crippen molar-refractivity contribution in [3.05, 3.63) is 33.9 Å². The third-order valence-corrected chi connectivity index (χ3v) is 4.00. The van der Waals surface area contributed by atoms with Gasteiger partial charge in [0.25, 0.3) is 11.6 Å². The van der Waals surface area contributed by atoms with E-state index in [1.165, 1.54) is 23.1 Å². The van der Waals surface area contributed by atoms with Crippen molar-refractivity contribution in [2.24, 2.45) is 11.8 Å². The number of rotatable bonds is 5. The lowest BCUT2D eigenvalue weighted by Gasteiger charge is -2.34. The molecule has 0 spiro atoms. The average molecular weight is 336 g/mol. The molecule has 1 aliphatic heterocycles. The van der Waals surface area contributed by atoms with Crippen molar-refractivity contribution >= 4 is 17.6 Å². The van der Waals surface area contributed by atoms with Crippen LogP contribution >= 0.6 is 0 Å². The minimum Gasteiger partial charge on any atom is -0.494 e. The summed E-state index contributed by atoms with van der Waals surface area (Å²) in [4.78, 5) is 36.0. The van der Waals surface area contributed by atoms with Crippen LogP contribution < -0.4 is 4.74 Å².